The molecule has 3 aromatic heterocycles. The molecular formula is C17H16N4O3S2. The van der Waals surface area contributed by atoms with Gasteiger partial charge in [0.25, 0.3) is 5.91 Å². The van der Waals surface area contributed by atoms with E-state index in [1.54, 1.807) is 32.5 Å². The Balaban J connectivity index is 1.34. The molecule has 0 spiro atoms. The Hall–Kier alpha value is -2.52. The Labute approximate surface area is 157 Å². The summed E-state index contributed by atoms with van der Waals surface area (Å²) in [6.07, 6.45) is 4.37. The molecule has 1 aliphatic rings. The zero-order valence-corrected chi connectivity index (χ0v) is 15.7. The van der Waals surface area contributed by atoms with Crippen LogP contribution >= 0.6 is 22.7 Å². The predicted octanol–water partition coefficient (Wildman–Crippen LogP) is 2.35. The van der Waals surface area contributed by atoms with Crippen molar-refractivity contribution in [2.75, 3.05) is 13.2 Å². The molecule has 0 aromatic carbocycles. The second-order valence-corrected chi connectivity index (χ2v) is 7.81. The van der Waals surface area contributed by atoms with Crippen LogP contribution in [0.4, 0.5) is 0 Å². The number of thiazole rings is 1. The summed E-state index contributed by atoms with van der Waals surface area (Å²) in [7, 11) is 1.82. The first-order chi connectivity index (χ1) is 12.6. The number of hydrogen-bond acceptors (Lipinski definition) is 7. The number of esters is 1. The van der Waals surface area contributed by atoms with Gasteiger partial charge in [0.15, 0.2) is 12.3 Å². The van der Waals surface area contributed by atoms with Gasteiger partial charge >= 0.3 is 5.97 Å². The lowest BCUT2D eigenvalue weighted by atomic mass is 10.1. The minimum Gasteiger partial charge on any atom is -0.451 e. The number of nitrogens with zero attached hydrogens (tertiary/aromatic N) is 4. The largest absolute Gasteiger partial charge is 0.451 e. The van der Waals surface area contributed by atoms with Crippen molar-refractivity contribution in [1.29, 1.82) is 0 Å². The fourth-order valence-electron chi connectivity index (χ4n) is 2.79. The lowest BCUT2D eigenvalue weighted by Crippen LogP contribution is -2.38. The smallest absolute Gasteiger partial charge is 0.358 e. The van der Waals surface area contributed by atoms with Crippen LogP contribution in [0.25, 0.3) is 10.6 Å². The number of aromatic nitrogens is 3. The first kappa shape index (κ1) is 16.9. The van der Waals surface area contributed by atoms with Crippen molar-refractivity contribution in [3.8, 4) is 10.6 Å². The highest BCUT2D eigenvalue weighted by molar-refractivity contribution is 7.13. The minimum atomic E-state index is -0.585. The number of carbonyl (C=O) groups excluding carboxylic acids is 2. The molecule has 4 rings (SSSR count). The highest BCUT2D eigenvalue weighted by Crippen LogP contribution is 2.25. The first-order valence-corrected chi connectivity index (χ1v) is 9.81. The minimum absolute atomic E-state index is 0.182. The van der Waals surface area contributed by atoms with Gasteiger partial charge in [0.05, 0.1) is 6.20 Å². The van der Waals surface area contributed by atoms with Crippen LogP contribution in [-0.4, -0.2) is 44.7 Å². The standard InChI is InChI=1S/C17H16N4O3S2/c1-20-7-12(6-18-20)16-19-13(10-26-16)17(23)24-9-15(22)21-4-2-14-11(8-21)3-5-25-14/h3,5-7,10H,2,4,8-9H2,1H3. The Morgan fingerprint density at radius 3 is 3.04 bits per heavy atom. The van der Waals surface area contributed by atoms with Crippen LogP contribution in [0, 0.1) is 0 Å². The normalized spacial score (nSPS) is 13.5. The van der Waals surface area contributed by atoms with Crippen molar-refractivity contribution >= 4 is 34.6 Å². The zero-order valence-electron chi connectivity index (χ0n) is 14.0. The molecule has 0 unspecified atom stereocenters. The van der Waals surface area contributed by atoms with E-state index in [2.05, 4.69) is 10.1 Å². The van der Waals surface area contributed by atoms with Crippen LogP contribution in [0.1, 0.15) is 20.9 Å². The van der Waals surface area contributed by atoms with E-state index in [0.29, 0.717) is 18.1 Å². The molecule has 134 valence electrons. The van der Waals surface area contributed by atoms with E-state index in [0.717, 1.165) is 12.0 Å². The number of aryl methyl sites for hydroxylation is 1. The van der Waals surface area contributed by atoms with Crippen molar-refractivity contribution in [3.63, 3.8) is 0 Å². The van der Waals surface area contributed by atoms with Gasteiger partial charge in [-0.05, 0) is 23.4 Å². The molecule has 0 radical (unpaired) electrons. The maximum atomic E-state index is 12.3. The zero-order chi connectivity index (χ0) is 18.1. The number of amides is 1. The molecule has 3 aromatic rings. The highest BCUT2D eigenvalue weighted by atomic mass is 32.1. The Kier molecular flexibility index (Phi) is 4.56. The summed E-state index contributed by atoms with van der Waals surface area (Å²) < 4.78 is 6.83. The summed E-state index contributed by atoms with van der Waals surface area (Å²) in [5.41, 5.74) is 2.23. The SMILES string of the molecule is Cn1cc(-c2nc(C(=O)OCC(=O)N3CCc4sccc4C3)cs2)cn1. The van der Waals surface area contributed by atoms with Gasteiger partial charge in [0.2, 0.25) is 0 Å². The van der Waals surface area contributed by atoms with E-state index in [9.17, 15) is 9.59 Å². The molecule has 0 atom stereocenters. The third-order valence-electron chi connectivity index (χ3n) is 4.15. The Morgan fingerprint density at radius 1 is 1.35 bits per heavy atom. The second-order valence-electron chi connectivity index (χ2n) is 5.95. The van der Waals surface area contributed by atoms with Crippen LogP contribution in [0.15, 0.2) is 29.2 Å². The molecule has 0 N–H and O–H groups in total. The van der Waals surface area contributed by atoms with E-state index in [1.807, 2.05) is 24.7 Å². The predicted molar refractivity (Wildman–Crippen MR) is 98.0 cm³/mol. The van der Waals surface area contributed by atoms with Crippen molar-refractivity contribution in [3.05, 3.63) is 45.4 Å². The van der Waals surface area contributed by atoms with Crippen LogP contribution in [0.2, 0.25) is 0 Å². The third kappa shape index (κ3) is 3.40. The number of ether oxygens (including phenoxy) is 1. The summed E-state index contributed by atoms with van der Waals surface area (Å²) in [5, 5.41) is 8.46. The molecule has 1 amide bonds. The number of carbonyl (C=O) groups is 2. The summed E-state index contributed by atoms with van der Waals surface area (Å²) in [4.78, 5) is 31.8. The molecule has 0 aliphatic carbocycles. The Bertz CT molecular complexity index is 959. The van der Waals surface area contributed by atoms with E-state index < -0.39 is 5.97 Å². The topological polar surface area (TPSA) is 77.3 Å². The van der Waals surface area contributed by atoms with Gasteiger partial charge in [-0.1, -0.05) is 0 Å². The summed E-state index contributed by atoms with van der Waals surface area (Å²) in [6, 6.07) is 2.04. The molecule has 0 saturated carbocycles. The highest BCUT2D eigenvalue weighted by Gasteiger charge is 2.23. The maximum absolute atomic E-state index is 12.3. The molecule has 9 heteroatoms. The molecule has 26 heavy (non-hydrogen) atoms. The summed E-state index contributed by atoms with van der Waals surface area (Å²) in [5.74, 6) is -0.768. The van der Waals surface area contributed by atoms with Crippen LogP contribution in [0.3, 0.4) is 0 Å². The van der Waals surface area contributed by atoms with Gasteiger partial charge in [-0.25, -0.2) is 9.78 Å². The number of rotatable bonds is 4. The summed E-state index contributed by atoms with van der Waals surface area (Å²) in [6.45, 7) is 0.973. The van der Waals surface area contributed by atoms with Gasteiger partial charge in [-0.2, -0.15) is 5.10 Å². The van der Waals surface area contributed by atoms with Gasteiger partial charge in [0, 0.05) is 42.2 Å². The van der Waals surface area contributed by atoms with Crippen molar-refractivity contribution in [1.82, 2.24) is 19.7 Å². The van der Waals surface area contributed by atoms with E-state index in [-0.39, 0.29) is 18.2 Å². The van der Waals surface area contributed by atoms with E-state index >= 15 is 0 Å². The van der Waals surface area contributed by atoms with E-state index in [4.69, 9.17) is 4.74 Å². The van der Waals surface area contributed by atoms with Gasteiger partial charge in [-0.3, -0.25) is 9.48 Å². The second kappa shape index (κ2) is 7.00. The number of thiophene rings is 1. The maximum Gasteiger partial charge on any atom is 0.358 e. The van der Waals surface area contributed by atoms with Gasteiger partial charge < -0.3 is 9.64 Å². The molecule has 0 fully saturated rings. The van der Waals surface area contributed by atoms with Gasteiger partial charge in [-0.15, -0.1) is 22.7 Å². The van der Waals surface area contributed by atoms with Crippen molar-refractivity contribution in [2.24, 2.45) is 7.05 Å². The van der Waals surface area contributed by atoms with Crippen LogP contribution in [0.5, 0.6) is 0 Å². The molecular weight excluding hydrogens is 372 g/mol. The summed E-state index contributed by atoms with van der Waals surface area (Å²) >= 11 is 3.06. The van der Waals surface area contributed by atoms with Crippen LogP contribution in [-0.2, 0) is 29.5 Å². The lowest BCUT2D eigenvalue weighted by molar-refractivity contribution is -0.135. The Morgan fingerprint density at radius 2 is 2.23 bits per heavy atom. The lowest BCUT2D eigenvalue weighted by Gasteiger charge is -2.26. The average Bonchev–Trinajstić information content (AvgIpc) is 3.38. The van der Waals surface area contributed by atoms with Gasteiger partial charge in [0.1, 0.15) is 5.01 Å². The fourth-order valence-corrected chi connectivity index (χ4v) is 4.44. The molecule has 1 aliphatic heterocycles. The molecule has 7 nitrogen and oxygen atoms in total. The number of hydrogen-bond donors (Lipinski definition) is 0. The molecule has 0 saturated heterocycles. The fraction of sp³-hybridized carbons (Fsp3) is 0.294. The monoisotopic (exact) mass is 388 g/mol. The average molecular weight is 388 g/mol. The van der Waals surface area contributed by atoms with E-state index in [1.165, 1.54) is 21.8 Å². The molecule has 4 heterocycles. The van der Waals surface area contributed by atoms with Crippen LogP contribution < -0.4 is 0 Å². The molecule has 0 bridgehead atoms. The first-order valence-electron chi connectivity index (χ1n) is 8.05. The number of fused-ring (bicyclic) bond motifs is 1. The van der Waals surface area contributed by atoms with Crippen molar-refractivity contribution < 1.29 is 14.3 Å². The quantitative estimate of drug-likeness (QED) is 0.641. The van der Waals surface area contributed by atoms with Crippen molar-refractivity contribution in [2.45, 2.75) is 13.0 Å². The third-order valence-corrected chi connectivity index (χ3v) is 6.07.